The van der Waals surface area contributed by atoms with Gasteiger partial charge in [0.1, 0.15) is 0 Å². The molecule has 2 aliphatic heterocycles. The number of likely N-dealkylation sites (tertiary alicyclic amines) is 1. The van der Waals surface area contributed by atoms with Gasteiger partial charge in [-0.05, 0) is 78.8 Å². The Balaban J connectivity index is 0.975. The van der Waals surface area contributed by atoms with Gasteiger partial charge in [0.2, 0.25) is 17.7 Å². The van der Waals surface area contributed by atoms with Crippen molar-refractivity contribution in [3.05, 3.63) is 107 Å². The van der Waals surface area contributed by atoms with E-state index in [-0.39, 0.29) is 29.3 Å². The monoisotopic (exact) mass is 726 g/mol. The molecule has 0 bridgehead atoms. The van der Waals surface area contributed by atoms with Crippen molar-refractivity contribution in [2.24, 2.45) is 0 Å². The second-order valence-electron chi connectivity index (χ2n) is 13.7. The molecule has 1 fully saturated rings. The van der Waals surface area contributed by atoms with Crippen molar-refractivity contribution < 1.29 is 19.2 Å². The van der Waals surface area contributed by atoms with Gasteiger partial charge in [0.05, 0.1) is 16.8 Å². The topological polar surface area (TPSA) is 159 Å². The Bertz CT molecular complexity index is 2210. The molecule has 13 heteroatoms. The van der Waals surface area contributed by atoms with E-state index in [1.807, 2.05) is 60.7 Å². The van der Waals surface area contributed by atoms with Crippen molar-refractivity contribution >= 4 is 40.3 Å². The molecule has 276 valence electrons. The van der Waals surface area contributed by atoms with Gasteiger partial charge in [0.25, 0.3) is 5.56 Å². The number of rotatable bonds is 14. The van der Waals surface area contributed by atoms with E-state index in [0.29, 0.717) is 94.6 Å². The molecule has 5 aromatic rings. The minimum atomic E-state index is -0.221. The maximum Gasteiger partial charge on any atom is 0.322 e. The van der Waals surface area contributed by atoms with Crippen molar-refractivity contribution in [3.63, 3.8) is 0 Å². The minimum absolute atomic E-state index is 0.0460. The van der Waals surface area contributed by atoms with Gasteiger partial charge in [-0.2, -0.15) is 5.10 Å². The summed E-state index contributed by atoms with van der Waals surface area (Å²) in [4.78, 5) is 74.5. The SMILES string of the molecule is O=C(CCCCCN1C(=O)CCC1=O)NCCCCn1nc(-c2ccc(NC(=O)N3Cc4ccncc4C3)cc2)cc(-c2ccc3cccnc3c2)c1=O. The summed E-state index contributed by atoms with van der Waals surface area (Å²) in [7, 11) is 0. The first-order valence-electron chi connectivity index (χ1n) is 18.5. The van der Waals surface area contributed by atoms with Gasteiger partial charge in [0.15, 0.2) is 0 Å². The van der Waals surface area contributed by atoms with Crippen LogP contribution in [-0.2, 0) is 34.0 Å². The quantitative estimate of drug-likeness (QED) is 0.109. The largest absolute Gasteiger partial charge is 0.356 e. The van der Waals surface area contributed by atoms with Crippen LogP contribution in [0.5, 0.6) is 0 Å². The zero-order chi connectivity index (χ0) is 37.4. The lowest BCUT2D eigenvalue weighted by Gasteiger charge is -2.16. The van der Waals surface area contributed by atoms with Crippen molar-refractivity contribution in [2.45, 2.75) is 71.0 Å². The fourth-order valence-electron chi connectivity index (χ4n) is 6.87. The molecule has 13 nitrogen and oxygen atoms in total. The van der Waals surface area contributed by atoms with Crippen LogP contribution in [0.2, 0.25) is 0 Å². The number of anilines is 1. The standard InChI is InChI=1S/C41H42N8O5/c50-37(8-2-1-4-21-48-38(51)15-16-39(48)52)44-18-3-5-22-49-40(53)34(30-10-9-28-7-6-19-43-35(28)23-30)24-36(46-49)29-11-13-33(14-12-29)45-41(54)47-26-31-17-20-42-25-32(31)27-47/h6-7,9-14,17,19-20,23-25H,1-5,8,15-16,18,21-22,26-27H2,(H,44,50)(H,45,54). The van der Waals surface area contributed by atoms with Crippen LogP contribution in [0.3, 0.4) is 0 Å². The fraction of sp³-hybridized carbons (Fsp3) is 0.317. The van der Waals surface area contributed by atoms with Gasteiger partial charge < -0.3 is 15.5 Å². The highest BCUT2D eigenvalue weighted by Crippen LogP contribution is 2.27. The number of nitrogens with one attached hydrogen (secondary N) is 2. The molecule has 0 saturated carbocycles. The molecule has 0 spiro atoms. The fourth-order valence-corrected chi connectivity index (χ4v) is 6.87. The summed E-state index contributed by atoms with van der Waals surface area (Å²) in [6.45, 7) is 2.29. The van der Waals surface area contributed by atoms with E-state index in [4.69, 9.17) is 5.10 Å². The lowest BCUT2D eigenvalue weighted by Crippen LogP contribution is -2.30. The molecule has 5 amide bonds. The van der Waals surface area contributed by atoms with E-state index in [1.165, 1.54) is 9.58 Å². The first kappa shape index (κ1) is 36.1. The van der Waals surface area contributed by atoms with E-state index in [9.17, 15) is 24.0 Å². The maximum atomic E-state index is 13.8. The van der Waals surface area contributed by atoms with Crippen molar-refractivity contribution in [2.75, 3.05) is 18.4 Å². The number of pyridine rings is 2. The van der Waals surface area contributed by atoms with Gasteiger partial charge in [0, 0.05) is 87.2 Å². The van der Waals surface area contributed by atoms with Crippen molar-refractivity contribution in [1.82, 2.24) is 34.9 Å². The van der Waals surface area contributed by atoms with Crippen LogP contribution in [0.15, 0.2) is 90.1 Å². The molecule has 3 aromatic heterocycles. The van der Waals surface area contributed by atoms with Crippen LogP contribution in [0.25, 0.3) is 33.3 Å². The number of aryl methyl sites for hydroxylation is 1. The van der Waals surface area contributed by atoms with Gasteiger partial charge in [-0.15, -0.1) is 0 Å². The first-order chi connectivity index (χ1) is 26.3. The van der Waals surface area contributed by atoms with Crippen LogP contribution in [0, 0.1) is 0 Å². The van der Waals surface area contributed by atoms with E-state index in [1.54, 1.807) is 29.6 Å². The van der Waals surface area contributed by atoms with E-state index in [2.05, 4.69) is 20.6 Å². The summed E-state index contributed by atoms with van der Waals surface area (Å²) < 4.78 is 1.49. The smallest absolute Gasteiger partial charge is 0.322 e. The molecule has 0 atom stereocenters. The number of urea groups is 1. The number of benzene rings is 2. The third-order valence-corrected chi connectivity index (χ3v) is 9.90. The molecule has 5 heterocycles. The molecule has 0 unspecified atom stereocenters. The predicted molar refractivity (Wildman–Crippen MR) is 204 cm³/mol. The first-order valence-corrected chi connectivity index (χ1v) is 18.5. The molecule has 2 N–H and O–H groups in total. The van der Waals surface area contributed by atoms with Gasteiger partial charge in [-0.25, -0.2) is 9.48 Å². The number of carbonyl (C=O) groups excluding carboxylic acids is 4. The van der Waals surface area contributed by atoms with E-state index < -0.39 is 0 Å². The number of aromatic nitrogens is 4. The molecule has 1 saturated heterocycles. The Morgan fingerprint density at radius 3 is 2.35 bits per heavy atom. The number of hydrogen-bond acceptors (Lipinski definition) is 8. The van der Waals surface area contributed by atoms with Crippen LogP contribution in [-0.4, -0.2) is 66.4 Å². The average molecular weight is 727 g/mol. The summed E-state index contributed by atoms with van der Waals surface area (Å²) in [6, 6.07) is 20.6. The summed E-state index contributed by atoms with van der Waals surface area (Å²) >= 11 is 0. The Labute approximate surface area is 312 Å². The van der Waals surface area contributed by atoms with Gasteiger partial charge >= 0.3 is 6.03 Å². The number of nitrogens with zero attached hydrogens (tertiary/aromatic N) is 6. The summed E-state index contributed by atoms with van der Waals surface area (Å²) in [5, 5.41) is 11.7. The molecular weight excluding hydrogens is 685 g/mol. The molecule has 2 aromatic carbocycles. The molecule has 7 rings (SSSR count). The number of hydrogen-bond donors (Lipinski definition) is 2. The summed E-state index contributed by atoms with van der Waals surface area (Å²) in [5.74, 6) is -0.262. The maximum absolute atomic E-state index is 13.8. The molecule has 54 heavy (non-hydrogen) atoms. The van der Waals surface area contributed by atoms with Crippen LogP contribution < -0.4 is 16.2 Å². The van der Waals surface area contributed by atoms with E-state index in [0.717, 1.165) is 39.6 Å². The number of imide groups is 1. The van der Waals surface area contributed by atoms with Crippen LogP contribution in [0.4, 0.5) is 10.5 Å². The average Bonchev–Trinajstić information content (AvgIpc) is 3.77. The normalized spacial score (nSPS) is 13.8. The highest BCUT2D eigenvalue weighted by molar-refractivity contribution is 6.01. The number of carbonyl (C=O) groups is 4. The summed E-state index contributed by atoms with van der Waals surface area (Å²) in [6.07, 6.45) is 9.63. The molecule has 0 aliphatic carbocycles. The van der Waals surface area contributed by atoms with Gasteiger partial charge in [-0.1, -0.05) is 36.8 Å². The van der Waals surface area contributed by atoms with Crippen molar-refractivity contribution in [1.29, 1.82) is 0 Å². The Morgan fingerprint density at radius 1 is 0.759 bits per heavy atom. The van der Waals surface area contributed by atoms with Gasteiger partial charge in [-0.3, -0.25) is 34.0 Å². The Kier molecular flexibility index (Phi) is 11.1. The van der Waals surface area contributed by atoms with Crippen LogP contribution in [0.1, 0.15) is 62.5 Å². The highest BCUT2D eigenvalue weighted by atomic mass is 16.2. The third-order valence-electron chi connectivity index (χ3n) is 9.90. The molecule has 2 aliphatic rings. The van der Waals surface area contributed by atoms with E-state index >= 15 is 0 Å². The lowest BCUT2D eigenvalue weighted by molar-refractivity contribution is -0.138. The Morgan fingerprint density at radius 2 is 1.54 bits per heavy atom. The minimum Gasteiger partial charge on any atom is -0.356 e. The Hall–Kier alpha value is -6.24. The molecule has 0 radical (unpaired) electrons. The second kappa shape index (κ2) is 16.6. The second-order valence-corrected chi connectivity index (χ2v) is 13.7. The third kappa shape index (κ3) is 8.52. The number of fused-ring (bicyclic) bond motifs is 2. The summed E-state index contributed by atoms with van der Waals surface area (Å²) in [5.41, 5.74) is 5.97. The number of unbranched alkanes of at least 4 members (excludes halogenated alkanes) is 3. The van der Waals surface area contributed by atoms with Crippen molar-refractivity contribution in [3.8, 4) is 22.4 Å². The number of amides is 5. The highest BCUT2D eigenvalue weighted by Gasteiger charge is 2.28. The lowest BCUT2D eigenvalue weighted by atomic mass is 10.0. The zero-order valence-corrected chi connectivity index (χ0v) is 30.0. The predicted octanol–water partition coefficient (Wildman–Crippen LogP) is 5.67. The molecular formula is C41H42N8O5. The zero-order valence-electron chi connectivity index (χ0n) is 30.0. The van der Waals surface area contributed by atoms with Crippen LogP contribution >= 0.6 is 0 Å².